The molecule has 0 unspecified atom stereocenters. The molecule has 0 bridgehead atoms. The van der Waals surface area contributed by atoms with Gasteiger partial charge >= 0.3 is 0 Å². The smallest absolute Gasteiger partial charge is 0.131 e. The van der Waals surface area contributed by atoms with Gasteiger partial charge in [-0.3, -0.25) is 0 Å². The SMILES string of the molecule is COc1ccc(N)c(Nc2c(Cl)cc(Cl)c3c2N=S=N3)c1. The third-order valence-corrected chi connectivity index (χ3v) is 4.08. The molecule has 5 nitrogen and oxygen atoms in total. The second-order valence-electron chi connectivity index (χ2n) is 4.25. The van der Waals surface area contributed by atoms with E-state index in [9.17, 15) is 0 Å². The second kappa shape index (κ2) is 5.55. The van der Waals surface area contributed by atoms with E-state index in [4.69, 9.17) is 33.7 Å². The number of nitrogen functional groups attached to an aromatic ring is 1. The van der Waals surface area contributed by atoms with Gasteiger partial charge in [-0.2, -0.15) is 8.73 Å². The van der Waals surface area contributed by atoms with E-state index in [-0.39, 0.29) is 0 Å². The number of ether oxygens (including phenoxy) is 1. The highest BCUT2D eigenvalue weighted by molar-refractivity contribution is 7.58. The molecular weight excluding hydrogens is 331 g/mol. The Balaban J connectivity index is 2.08. The van der Waals surface area contributed by atoms with Gasteiger partial charge in [0.15, 0.2) is 0 Å². The van der Waals surface area contributed by atoms with Crippen molar-refractivity contribution >= 4 is 63.0 Å². The Morgan fingerprint density at radius 3 is 2.67 bits per heavy atom. The average Bonchev–Trinajstić information content (AvgIpc) is 2.95. The van der Waals surface area contributed by atoms with E-state index in [0.717, 1.165) is 11.4 Å². The van der Waals surface area contributed by atoms with Gasteiger partial charge in [0.2, 0.25) is 0 Å². The zero-order valence-corrected chi connectivity index (χ0v) is 13.2. The highest BCUT2D eigenvalue weighted by Crippen LogP contribution is 2.49. The molecule has 0 amide bonds. The van der Waals surface area contributed by atoms with Crippen LogP contribution >= 0.6 is 23.2 Å². The number of anilines is 3. The van der Waals surface area contributed by atoms with E-state index >= 15 is 0 Å². The van der Waals surface area contributed by atoms with Crippen molar-refractivity contribution in [2.45, 2.75) is 0 Å². The average molecular weight is 341 g/mol. The summed E-state index contributed by atoms with van der Waals surface area (Å²) in [7, 11) is 1.59. The molecule has 8 heteroatoms. The molecule has 1 aliphatic heterocycles. The van der Waals surface area contributed by atoms with Crippen LogP contribution in [0.3, 0.4) is 0 Å². The third kappa shape index (κ3) is 2.57. The van der Waals surface area contributed by atoms with Crippen LogP contribution < -0.4 is 15.8 Å². The Morgan fingerprint density at radius 1 is 1.14 bits per heavy atom. The molecule has 3 rings (SSSR count). The molecular formula is C13H10Cl2N4OS. The number of fused-ring (bicyclic) bond motifs is 1. The molecule has 1 heterocycles. The maximum absolute atomic E-state index is 6.26. The molecule has 0 atom stereocenters. The topological polar surface area (TPSA) is 72.0 Å². The molecule has 108 valence electrons. The third-order valence-electron chi connectivity index (χ3n) is 2.96. The van der Waals surface area contributed by atoms with Crippen LogP contribution in [0.2, 0.25) is 10.0 Å². The van der Waals surface area contributed by atoms with E-state index < -0.39 is 0 Å². The van der Waals surface area contributed by atoms with Gasteiger partial charge in [0.05, 0.1) is 45.6 Å². The van der Waals surface area contributed by atoms with Crippen molar-refractivity contribution < 1.29 is 4.74 Å². The van der Waals surface area contributed by atoms with Crippen LogP contribution in [0.25, 0.3) is 0 Å². The molecule has 3 N–H and O–H groups in total. The van der Waals surface area contributed by atoms with Crippen LogP contribution in [0.5, 0.6) is 5.75 Å². The number of methoxy groups -OCH3 is 1. The quantitative estimate of drug-likeness (QED) is 0.655. The van der Waals surface area contributed by atoms with Gasteiger partial charge in [-0.25, -0.2) is 0 Å². The zero-order valence-electron chi connectivity index (χ0n) is 10.9. The van der Waals surface area contributed by atoms with Crippen molar-refractivity contribution in [1.29, 1.82) is 0 Å². The van der Waals surface area contributed by atoms with Gasteiger partial charge in [0, 0.05) is 6.07 Å². The van der Waals surface area contributed by atoms with Gasteiger partial charge in [0.25, 0.3) is 0 Å². The summed E-state index contributed by atoms with van der Waals surface area (Å²) in [5.41, 5.74) is 9.05. The summed E-state index contributed by atoms with van der Waals surface area (Å²) < 4.78 is 13.6. The van der Waals surface area contributed by atoms with Gasteiger partial charge in [0.1, 0.15) is 17.1 Å². The van der Waals surface area contributed by atoms with Crippen LogP contribution in [0, 0.1) is 0 Å². The highest BCUT2D eigenvalue weighted by Gasteiger charge is 2.19. The lowest BCUT2D eigenvalue weighted by Crippen LogP contribution is -1.98. The molecule has 0 saturated heterocycles. The van der Waals surface area contributed by atoms with Crippen LogP contribution in [0.1, 0.15) is 0 Å². The number of rotatable bonds is 3. The Bertz CT molecular complexity index is 803. The summed E-state index contributed by atoms with van der Waals surface area (Å²) in [6, 6.07) is 6.95. The molecule has 0 saturated carbocycles. The minimum Gasteiger partial charge on any atom is -0.497 e. The van der Waals surface area contributed by atoms with Crippen molar-refractivity contribution in [3.63, 3.8) is 0 Å². The Hall–Kier alpha value is -1.76. The Kier molecular flexibility index (Phi) is 3.75. The summed E-state index contributed by atoms with van der Waals surface area (Å²) in [4.78, 5) is 0. The molecule has 0 fully saturated rings. The largest absolute Gasteiger partial charge is 0.497 e. The van der Waals surface area contributed by atoms with Crippen LogP contribution in [-0.4, -0.2) is 7.11 Å². The molecule has 0 aliphatic carbocycles. The minimum absolute atomic E-state index is 0.447. The molecule has 21 heavy (non-hydrogen) atoms. The van der Waals surface area contributed by atoms with Gasteiger partial charge in [-0.05, 0) is 18.2 Å². The number of nitrogens with one attached hydrogen (secondary N) is 1. The van der Waals surface area contributed by atoms with Crippen LogP contribution in [0.4, 0.5) is 28.4 Å². The summed E-state index contributed by atoms with van der Waals surface area (Å²) in [6.07, 6.45) is 0. The predicted octanol–water partition coefficient (Wildman–Crippen LogP) is 5.05. The van der Waals surface area contributed by atoms with Gasteiger partial charge in [-0.15, -0.1) is 0 Å². The van der Waals surface area contributed by atoms with Crippen molar-refractivity contribution in [3.05, 3.63) is 34.3 Å². The Morgan fingerprint density at radius 2 is 1.90 bits per heavy atom. The normalized spacial score (nSPS) is 12.0. The van der Waals surface area contributed by atoms with E-state index in [1.807, 2.05) is 0 Å². The lowest BCUT2D eigenvalue weighted by Gasteiger charge is -2.14. The minimum atomic E-state index is 0.447. The molecule has 1 aliphatic rings. The first-order valence-corrected chi connectivity index (χ1v) is 7.39. The van der Waals surface area contributed by atoms with Crippen molar-refractivity contribution in [3.8, 4) is 5.75 Å². The standard InChI is InChI=1S/C13H10Cl2N4OS/c1-20-6-2-3-9(16)10(4-6)17-11-7(14)5-8(15)12-13(11)19-21-18-12/h2-5,17H,16H2,1H3. The highest BCUT2D eigenvalue weighted by atomic mass is 35.5. The van der Waals surface area contributed by atoms with E-state index in [0.29, 0.717) is 44.2 Å². The van der Waals surface area contributed by atoms with E-state index in [2.05, 4.69) is 14.0 Å². The Labute approximate surface area is 134 Å². The summed E-state index contributed by atoms with van der Waals surface area (Å²) in [5, 5.41) is 4.09. The summed E-state index contributed by atoms with van der Waals surface area (Å²) in [6.45, 7) is 0. The number of nitrogens with two attached hydrogens (primary N) is 1. The lowest BCUT2D eigenvalue weighted by molar-refractivity contribution is 0.415. The van der Waals surface area contributed by atoms with E-state index in [1.165, 1.54) is 0 Å². The maximum Gasteiger partial charge on any atom is 0.131 e. The molecule has 0 aromatic heterocycles. The fraction of sp³-hybridized carbons (Fsp3) is 0.0769. The first-order valence-electron chi connectivity index (χ1n) is 5.91. The van der Waals surface area contributed by atoms with Crippen molar-refractivity contribution in [2.24, 2.45) is 8.73 Å². The van der Waals surface area contributed by atoms with Gasteiger partial charge in [-0.1, -0.05) is 23.2 Å². The van der Waals surface area contributed by atoms with Crippen molar-refractivity contribution in [2.75, 3.05) is 18.2 Å². The van der Waals surface area contributed by atoms with Gasteiger partial charge < -0.3 is 15.8 Å². The fourth-order valence-electron chi connectivity index (χ4n) is 1.90. The fourth-order valence-corrected chi connectivity index (χ4v) is 3.06. The maximum atomic E-state index is 6.26. The summed E-state index contributed by atoms with van der Waals surface area (Å²) >= 11 is 13.4. The number of hydrogen-bond acceptors (Lipinski definition) is 5. The van der Waals surface area contributed by atoms with Crippen LogP contribution in [-0.2, 0) is 11.4 Å². The first kappa shape index (κ1) is 14.2. The zero-order chi connectivity index (χ0) is 15.0. The number of hydrogen-bond donors (Lipinski definition) is 2. The number of halogens is 2. The second-order valence-corrected chi connectivity index (χ2v) is 5.60. The monoisotopic (exact) mass is 340 g/mol. The summed E-state index contributed by atoms with van der Waals surface area (Å²) in [5.74, 6) is 0.685. The first-order chi connectivity index (χ1) is 10.1. The lowest BCUT2D eigenvalue weighted by atomic mass is 10.2. The predicted molar refractivity (Wildman–Crippen MR) is 88.7 cm³/mol. The van der Waals surface area contributed by atoms with Crippen LogP contribution in [0.15, 0.2) is 33.0 Å². The molecule has 2 aromatic rings. The molecule has 0 radical (unpaired) electrons. The number of nitrogens with zero attached hydrogens (tertiary/aromatic N) is 2. The molecule has 0 spiro atoms. The van der Waals surface area contributed by atoms with Crippen molar-refractivity contribution in [1.82, 2.24) is 0 Å². The molecule has 2 aromatic carbocycles. The number of benzene rings is 2. The van der Waals surface area contributed by atoms with E-state index in [1.54, 1.807) is 31.4 Å².